The maximum atomic E-state index is 13.1. The number of rotatable bonds is 5. The standard InChI is InChI=1S/C19H20ClF3N4O2/c1-12-5-4-8-27(15(12)11-26-18-24-9-13(20)10-25-18)17(28)14-6-2-3-7-16(14)29-19(21,22)23/h2-3,6-7,9-10,12,15H,4-5,8,11H2,1H3,(H,24,25,26)/t12-,15?/m1/s1. The number of benzene rings is 1. The van der Waals surface area contributed by atoms with Gasteiger partial charge in [0.1, 0.15) is 5.75 Å². The highest BCUT2D eigenvalue weighted by Gasteiger charge is 2.36. The molecule has 0 radical (unpaired) electrons. The van der Waals surface area contributed by atoms with E-state index in [4.69, 9.17) is 11.6 Å². The highest BCUT2D eigenvalue weighted by molar-refractivity contribution is 6.30. The summed E-state index contributed by atoms with van der Waals surface area (Å²) in [5, 5.41) is 3.48. The first-order valence-corrected chi connectivity index (χ1v) is 9.49. The van der Waals surface area contributed by atoms with Gasteiger partial charge in [-0.25, -0.2) is 9.97 Å². The van der Waals surface area contributed by atoms with Gasteiger partial charge in [-0.1, -0.05) is 30.7 Å². The van der Waals surface area contributed by atoms with Gasteiger partial charge in [-0.15, -0.1) is 13.2 Å². The molecular formula is C19H20ClF3N4O2. The lowest BCUT2D eigenvalue weighted by molar-refractivity contribution is -0.274. The summed E-state index contributed by atoms with van der Waals surface area (Å²) >= 11 is 5.78. The summed E-state index contributed by atoms with van der Waals surface area (Å²) in [6.45, 7) is 2.81. The van der Waals surface area contributed by atoms with Crippen molar-refractivity contribution in [2.45, 2.75) is 32.2 Å². The Morgan fingerprint density at radius 1 is 1.31 bits per heavy atom. The molecule has 3 rings (SSSR count). The normalized spacial score (nSPS) is 19.7. The molecule has 2 aromatic rings. The Morgan fingerprint density at radius 2 is 2.00 bits per heavy atom. The molecule has 0 saturated carbocycles. The molecule has 1 aromatic heterocycles. The Hall–Kier alpha value is -2.55. The molecule has 0 bridgehead atoms. The molecule has 29 heavy (non-hydrogen) atoms. The van der Waals surface area contributed by atoms with E-state index in [0.717, 1.165) is 18.9 Å². The first-order valence-electron chi connectivity index (χ1n) is 9.12. The Kier molecular flexibility index (Phi) is 6.46. The first kappa shape index (κ1) is 21.2. The van der Waals surface area contributed by atoms with Crippen molar-refractivity contribution in [3.8, 4) is 5.75 Å². The van der Waals surface area contributed by atoms with E-state index in [2.05, 4.69) is 20.0 Å². The molecule has 1 aliphatic rings. The van der Waals surface area contributed by atoms with Gasteiger partial charge in [-0.3, -0.25) is 4.79 Å². The molecule has 1 saturated heterocycles. The van der Waals surface area contributed by atoms with Crippen LogP contribution in [0.3, 0.4) is 0 Å². The fraction of sp³-hybridized carbons (Fsp3) is 0.421. The number of aromatic nitrogens is 2. The number of halogens is 4. The third-order valence-corrected chi connectivity index (χ3v) is 5.00. The summed E-state index contributed by atoms with van der Waals surface area (Å²) in [6, 6.07) is 5.15. The van der Waals surface area contributed by atoms with E-state index in [1.54, 1.807) is 4.90 Å². The fourth-order valence-electron chi connectivity index (χ4n) is 3.42. The average Bonchev–Trinajstić information content (AvgIpc) is 2.67. The number of nitrogens with zero attached hydrogens (tertiary/aromatic N) is 3. The minimum Gasteiger partial charge on any atom is -0.405 e. The molecule has 1 aliphatic heterocycles. The molecule has 0 spiro atoms. The van der Waals surface area contributed by atoms with Crippen molar-refractivity contribution in [3.63, 3.8) is 0 Å². The molecule has 0 aliphatic carbocycles. The van der Waals surface area contributed by atoms with E-state index in [0.29, 0.717) is 24.1 Å². The molecular weight excluding hydrogens is 409 g/mol. The van der Waals surface area contributed by atoms with Crippen LogP contribution in [0.4, 0.5) is 19.1 Å². The number of carbonyl (C=O) groups excluding carboxylic acids is 1. The predicted octanol–water partition coefficient (Wildman–Crippen LogP) is 4.38. The Labute approximate surface area is 171 Å². The monoisotopic (exact) mass is 428 g/mol. The average molecular weight is 429 g/mol. The number of hydrogen-bond donors (Lipinski definition) is 1. The van der Waals surface area contributed by atoms with Gasteiger partial charge >= 0.3 is 6.36 Å². The van der Waals surface area contributed by atoms with Gasteiger partial charge in [0.25, 0.3) is 5.91 Å². The number of anilines is 1. The van der Waals surface area contributed by atoms with Crippen LogP contribution in [-0.2, 0) is 0 Å². The fourth-order valence-corrected chi connectivity index (χ4v) is 3.52. The van der Waals surface area contributed by atoms with Gasteiger partial charge in [0.15, 0.2) is 0 Å². The van der Waals surface area contributed by atoms with Crippen molar-refractivity contribution in [2.75, 3.05) is 18.4 Å². The molecule has 6 nitrogen and oxygen atoms in total. The molecule has 1 N–H and O–H groups in total. The third kappa shape index (κ3) is 5.50. The summed E-state index contributed by atoms with van der Waals surface area (Å²) in [5.74, 6) is -0.500. The van der Waals surface area contributed by atoms with Crippen LogP contribution in [0.15, 0.2) is 36.7 Å². The summed E-state index contributed by atoms with van der Waals surface area (Å²) in [4.78, 5) is 22.8. The van der Waals surface area contributed by atoms with E-state index in [1.165, 1.54) is 30.6 Å². The van der Waals surface area contributed by atoms with Crippen molar-refractivity contribution in [1.82, 2.24) is 14.9 Å². The van der Waals surface area contributed by atoms with Crippen LogP contribution in [0.5, 0.6) is 5.75 Å². The number of ether oxygens (including phenoxy) is 1. The van der Waals surface area contributed by atoms with Gasteiger partial charge in [0, 0.05) is 13.1 Å². The molecule has 156 valence electrons. The second kappa shape index (κ2) is 8.86. The van der Waals surface area contributed by atoms with Crippen LogP contribution < -0.4 is 10.1 Å². The van der Waals surface area contributed by atoms with E-state index in [9.17, 15) is 18.0 Å². The van der Waals surface area contributed by atoms with Gasteiger partial charge in [-0.2, -0.15) is 0 Å². The second-order valence-corrected chi connectivity index (χ2v) is 7.27. The topological polar surface area (TPSA) is 67.3 Å². The molecule has 1 aromatic carbocycles. The molecule has 1 unspecified atom stereocenters. The lowest BCUT2D eigenvalue weighted by atomic mass is 9.90. The van der Waals surface area contributed by atoms with Gasteiger partial charge in [0.2, 0.25) is 5.95 Å². The number of amides is 1. The van der Waals surface area contributed by atoms with Crippen LogP contribution >= 0.6 is 11.6 Å². The zero-order valence-corrected chi connectivity index (χ0v) is 16.4. The maximum absolute atomic E-state index is 13.1. The first-order chi connectivity index (χ1) is 13.7. The van der Waals surface area contributed by atoms with Gasteiger partial charge < -0.3 is 15.0 Å². The lowest BCUT2D eigenvalue weighted by Crippen LogP contribution is -2.51. The molecule has 10 heteroatoms. The number of piperidine rings is 1. The van der Waals surface area contributed by atoms with Crippen LogP contribution in [0.25, 0.3) is 0 Å². The Balaban J connectivity index is 1.79. The minimum atomic E-state index is -4.88. The minimum absolute atomic E-state index is 0.119. The van der Waals surface area contributed by atoms with Crippen molar-refractivity contribution < 1.29 is 22.7 Å². The van der Waals surface area contributed by atoms with Crippen molar-refractivity contribution in [1.29, 1.82) is 0 Å². The van der Waals surface area contributed by atoms with E-state index in [1.807, 2.05) is 6.92 Å². The zero-order chi connectivity index (χ0) is 21.0. The third-order valence-electron chi connectivity index (χ3n) is 4.81. The van der Waals surface area contributed by atoms with Crippen molar-refractivity contribution in [3.05, 3.63) is 47.2 Å². The van der Waals surface area contributed by atoms with Crippen LogP contribution in [-0.4, -0.2) is 46.3 Å². The van der Waals surface area contributed by atoms with Gasteiger partial charge in [-0.05, 0) is 30.9 Å². The second-order valence-electron chi connectivity index (χ2n) is 6.84. The van der Waals surface area contributed by atoms with Crippen LogP contribution in [0, 0.1) is 5.92 Å². The number of para-hydroxylation sites is 1. The summed E-state index contributed by atoms with van der Waals surface area (Å²) in [6.07, 6.45) is -0.302. The lowest BCUT2D eigenvalue weighted by Gasteiger charge is -2.40. The van der Waals surface area contributed by atoms with Gasteiger partial charge in [0.05, 0.1) is 29.0 Å². The molecule has 1 amide bonds. The number of likely N-dealkylation sites (tertiary alicyclic amines) is 1. The number of alkyl halides is 3. The zero-order valence-electron chi connectivity index (χ0n) is 15.6. The van der Waals surface area contributed by atoms with Crippen molar-refractivity contribution in [2.24, 2.45) is 5.92 Å². The summed E-state index contributed by atoms with van der Waals surface area (Å²) < 4.78 is 42.2. The molecule has 1 fully saturated rings. The highest BCUT2D eigenvalue weighted by Crippen LogP contribution is 2.30. The number of nitrogens with one attached hydrogen (secondary N) is 1. The predicted molar refractivity (Wildman–Crippen MR) is 102 cm³/mol. The maximum Gasteiger partial charge on any atom is 0.573 e. The Morgan fingerprint density at radius 3 is 2.69 bits per heavy atom. The highest BCUT2D eigenvalue weighted by atomic mass is 35.5. The SMILES string of the molecule is C[C@@H]1CCCN(C(=O)c2ccccc2OC(F)(F)F)C1CNc1ncc(Cl)cn1. The smallest absolute Gasteiger partial charge is 0.405 e. The van der Waals surface area contributed by atoms with E-state index < -0.39 is 18.0 Å². The Bertz CT molecular complexity index is 848. The number of hydrogen-bond acceptors (Lipinski definition) is 5. The quantitative estimate of drug-likeness (QED) is 0.765. The van der Waals surface area contributed by atoms with Crippen LogP contribution in [0.2, 0.25) is 5.02 Å². The number of carbonyl (C=O) groups is 1. The van der Waals surface area contributed by atoms with Crippen LogP contribution in [0.1, 0.15) is 30.1 Å². The summed E-state index contributed by atoms with van der Waals surface area (Å²) in [7, 11) is 0. The molecule has 2 atom stereocenters. The largest absolute Gasteiger partial charge is 0.573 e. The van der Waals surface area contributed by atoms with E-state index >= 15 is 0 Å². The van der Waals surface area contributed by atoms with E-state index in [-0.39, 0.29) is 17.5 Å². The summed E-state index contributed by atoms with van der Waals surface area (Å²) in [5.41, 5.74) is -0.119. The van der Waals surface area contributed by atoms with Crippen molar-refractivity contribution >= 4 is 23.5 Å². The molecule has 2 heterocycles.